The Morgan fingerprint density at radius 1 is 1.15 bits per heavy atom. The van der Waals surface area contributed by atoms with Gasteiger partial charge in [0.1, 0.15) is 17.2 Å². The summed E-state index contributed by atoms with van der Waals surface area (Å²) in [6.07, 6.45) is 0.650. The molecule has 0 fully saturated rings. The van der Waals surface area contributed by atoms with E-state index in [0.717, 1.165) is 17.7 Å². The maximum Gasteiger partial charge on any atom is 0.264 e. The first-order chi connectivity index (χ1) is 9.58. The Morgan fingerprint density at radius 2 is 1.85 bits per heavy atom. The summed E-state index contributed by atoms with van der Waals surface area (Å²) in [6, 6.07) is 8.61. The zero-order valence-electron chi connectivity index (χ0n) is 10.6. The molecule has 0 radical (unpaired) electrons. The minimum absolute atomic E-state index is 0.394. The summed E-state index contributed by atoms with van der Waals surface area (Å²) in [7, 11) is 0. The molecule has 0 unspecified atom stereocenters. The number of benzene rings is 2. The summed E-state index contributed by atoms with van der Waals surface area (Å²) < 4.78 is 27.4. The van der Waals surface area contributed by atoms with E-state index in [0.29, 0.717) is 24.3 Å². The van der Waals surface area contributed by atoms with E-state index in [9.17, 15) is 13.6 Å². The van der Waals surface area contributed by atoms with Gasteiger partial charge in [0.25, 0.3) is 5.91 Å². The van der Waals surface area contributed by atoms with Crippen molar-refractivity contribution in [2.24, 2.45) is 0 Å². The van der Waals surface area contributed by atoms with Crippen molar-refractivity contribution in [2.45, 2.75) is 6.42 Å². The van der Waals surface area contributed by atoms with Crippen LogP contribution in [0.25, 0.3) is 0 Å². The van der Waals surface area contributed by atoms with Gasteiger partial charge in [-0.25, -0.2) is 8.78 Å². The predicted octanol–water partition coefficient (Wildman–Crippen LogP) is 2.75. The van der Waals surface area contributed by atoms with Gasteiger partial charge in [0.15, 0.2) is 0 Å². The number of fused-ring (bicyclic) bond motifs is 1. The third-order valence-electron chi connectivity index (χ3n) is 3.43. The van der Waals surface area contributed by atoms with Crippen LogP contribution in [0.15, 0.2) is 36.4 Å². The lowest BCUT2D eigenvalue weighted by molar-refractivity contribution is 0.0981. The lowest BCUT2D eigenvalue weighted by Crippen LogP contribution is -2.30. The van der Waals surface area contributed by atoms with Gasteiger partial charge < -0.3 is 10.6 Å². The maximum atomic E-state index is 13.7. The number of anilines is 2. The summed E-state index contributed by atoms with van der Waals surface area (Å²) in [4.78, 5) is 13.7. The highest BCUT2D eigenvalue weighted by atomic mass is 19.1. The van der Waals surface area contributed by atoms with Crippen LogP contribution in [0.3, 0.4) is 0 Å². The van der Waals surface area contributed by atoms with Crippen LogP contribution in [0, 0.1) is 11.6 Å². The third kappa shape index (κ3) is 1.91. The van der Waals surface area contributed by atoms with Crippen LogP contribution >= 0.6 is 0 Å². The Hall–Kier alpha value is -2.43. The highest BCUT2D eigenvalue weighted by molar-refractivity contribution is 6.07. The van der Waals surface area contributed by atoms with E-state index >= 15 is 0 Å². The zero-order chi connectivity index (χ0) is 14.3. The number of carbonyl (C=O) groups is 1. The average molecular weight is 274 g/mol. The number of hydrogen-bond donors (Lipinski definition) is 1. The van der Waals surface area contributed by atoms with Crippen LogP contribution in [0.2, 0.25) is 0 Å². The third-order valence-corrected chi connectivity index (χ3v) is 3.43. The molecule has 102 valence electrons. The predicted molar refractivity (Wildman–Crippen MR) is 72.6 cm³/mol. The molecule has 0 spiro atoms. The monoisotopic (exact) mass is 274 g/mol. The molecule has 20 heavy (non-hydrogen) atoms. The molecule has 1 aliphatic heterocycles. The van der Waals surface area contributed by atoms with Gasteiger partial charge in [-0.2, -0.15) is 0 Å². The summed E-state index contributed by atoms with van der Waals surface area (Å²) in [6.45, 7) is 0.394. The molecular formula is C15H12F2N2O. The molecule has 2 aromatic rings. The molecule has 0 saturated heterocycles. The summed E-state index contributed by atoms with van der Waals surface area (Å²) in [5, 5.41) is 0. The fourth-order valence-corrected chi connectivity index (χ4v) is 2.44. The summed E-state index contributed by atoms with van der Waals surface area (Å²) >= 11 is 0. The van der Waals surface area contributed by atoms with Crippen LogP contribution in [0.1, 0.15) is 15.9 Å². The van der Waals surface area contributed by atoms with Gasteiger partial charge >= 0.3 is 0 Å². The lowest BCUT2D eigenvalue weighted by atomic mass is 10.1. The second kappa shape index (κ2) is 4.59. The first-order valence-electron chi connectivity index (χ1n) is 6.22. The first-order valence-corrected chi connectivity index (χ1v) is 6.22. The van der Waals surface area contributed by atoms with Crippen molar-refractivity contribution in [2.75, 3.05) is 17.2 Å². The smallest absolute Gasteiger partial charge is 0.264 e. The molecule has 2 N–H and O–H groups in total. The normalized spacial score (nSPS) is 13.4. The van der Waals surface area contributed by atoms with Crippen molar-refractivity contribution in [3.63, 3.8) is 0 Å². The minimum atomic E-state index is -0.854. The minimum Gasteiger partial charge on any atom is -0.399 e. The van der Waals surface area contributed by atoms with Gasteiger partial charge in [-0.15, -0.1) is 0 Å². The molecule has 0 saturated carbocycles. The molecule has 1 aliphatic rings. The van der Waals surface area contributed by atoms with Gasteiger partial charge in [0.2, 0.25) is 0 Å². The molecule has 1 heterocycles. The topological polar surface area (TPSA) is 46.3 Å². The van der Waals surface area contributed by atoms with Crippen LogP contribution in [-0.4, -0.2) is 12.5 Å². The van der Waals surface area contributed by atoms with Crippen LogP contribution in [0.5, 0.6) is 0 Å². The number of hydrogen-bond acceptors (Lipinski definition) is 2. The largest absolute Gasteiger partial charge is 0.399 e. The number of nitrogen functional groups attached to an aromatic ring is 1. The molecule has 5 heteroatoms. The number of nitrogens with zero attached hydrogens (tertiary/aromatic N) is 1. The summed E-state index contributed by atoms with van der Waals surface area (Å²) in [5.74, 6) is -2.38. The second-order valence-corrected chi connectivity index (χ2v) is 4.69. The molecule has 0 bridgehead atoms. The van der Waals surface area contributed by atoms with Gasteiger partial charge in [-0.1, -0.05) is 12.1 Å². The van der Waals surface area contributed by atoms with Gasteiger partial charge in [0, 0.05) is 17.9 Å². The van der Waals surface area contributed by atoms with E-state index in [4.69, 9.17) is 5.73 Å². The van der Waals surface area contributed by atoms with E-state index in [2.05, 4.69) is 0 Å². The van der Waals surface area contributed by atoms with E-state index in [1.54, 1.807) is 12.1 Å². The van der Waals surface area contributed by atoms with Gasteiger partial charge in [0.05, 0.1) is 0 Å². The standard InChI is InChI=1S/C15H12F2N2O/c16-11-2-1-3-12(17)14(11)15(20)19-7-6-9-4-5-10(18)8-13(9)19/h1-5,8H,6-7,18H2. The number of rotatable bonds is 1. The molecule has 3 nitrogen and oxygen atoms in total. The number of halogens is 2. The Kier molecular flexibility index (Phi) is 2.89. The molecule has 1 amide bonds. The fourth-order valence-electron chi connectivity index (χ4n) is 2.44. The number of carbonyl (C=O) groups excluding carboxylic acids is 1. The SMILES string of the molecule is Nc1ccc2c(c1)N(C(=O)c1c(F)cccc1F)CC2. The Labute approximate surface area is 114 Å². The van der Waals surface area contributed by atoms with E-state index in [-0.39, 0.29) is 0 Å². The van der Waals surface area contributed by atoms with Crippen LogP contribution < -0.4 is 10.6 Å². The maximum absolute atomic E-state index is 13.7. The summed E-state index contributed by atoms with van der Waals surface area (Å²) in [5.41, 5.74) is 7.26. The molecule has 0 aliphatic carbocycles. The van der Waals surface area contributed by atoms with Crippen LogP contribution in [0.4, 0.5) is 20.2 Å². The first kappa shape index (κ1) is 12.6. The molecule has 2 aromatic carbocycles. The van der Waals surface area contributed by atoms with Gasteiger partial charge in [-0.05, 0) is 36.2 Å². The average Bonchev–Trinajstić information content (AvgIpc) is 2.81. The Balaban J connectivity index is 2.04. The van der Waals surface area contributed by atoms with Crippen molar-refractivity contribution >= 4 is 17.3 Å². The zero-order valence-corrected chi connectivity index (χ0v) is 10.6. The van der Waals surface area contributed by atoms with Crippen molar-refractivity contribution in [1.82, 2.24) is 0 Å². The van der Waals surface area contributed by atoms with Crippen LogP contribution in [-0.2, 0) is 6.42 Å². The highest BCUT2D eigenvalue weighted by Gasteiger charge is 2.29. The number of amides is 1. The van der Waals surface area contributed by atoms with Crippen molar-refractivity contribution in [3.8, 4) is 0 Å². The highest BCUT2D eigenvalue weighted by Crippen LogP contribution is 2.31. The van der Waals surface area contributed by atoms with Gasteiger partial charge in [-0.3, -0.25) is 4.79 Å². The van der Waals surface area contributed by atoms with E-state index < -0.39 is 23.1 Å². The molecule has 3 rings (SSSR count). The Morgan fingerprint density at radius 3 is 2.55 bits per heavy atom. The van der Waals surface area contributed by atoms with Crippen molar-refractivity contribution < 1.29 is 13.6 Å². The van der Waals surface area contributed by atoms with Crippen molar-refractivity contribution in [1.29, 1.82) is 0 Å². The lowest BCUT2D eigenvalue weighted by Gasteiger charge is -2.18. The molecule has 0 aromatic heterocycles. The molecular weight excluding hydrogens is 262 g/mol. The number of nitrogens with two attached hydrogens (primary N) is 1. The Bertz CT molecular complexity index is 680. The van der Waals surface area contributed by atoms with Crippen molar-refractivity contribution in [3.05, 3.63) is 59.2 Å². The second-order valence-electron chi connectivity index (χ2n) is 4.69. The molecule has 0 atom stereocenters. The quantitative estimate of drug-likeness (QED) is 0.813. The van der Waals surface area contributed by atoms with E-state index in [1.807, 2.05) is 6.07 Å². The van der Waals surface area contributed by atoms with E-state index in [1.165, 1.54) is 11.0 Å². The fraction of sp³-hybridized carbons (Fsp3) is 0.133.